The van der Waals surface area contributed by atoms with Crippen molar-refractivity contribution in [3.8, 4) is 0 Å². The van der Waals surface area contributed by atoms with Gasteiger partial charge in [0, 0.05) is 13.6 Å². The fourth-order valence-electron chi connectivity index (χ4n) is 1.04. The molecule has 0 aromatic carbocycles. The van der Waals surface area contributed by atoms with Gasteiger partial charge >= 0.3 is 0 Å². The Labute approximate surface area is 90.1 Å². The maximum absolute atomic E-state index is 9.64. The van der Waals surface area contributed by atoms with Crippen LogP contribution in [0.3, 0.4) is 0 Å². The van der Waals surface area contributed by atoms with Crippen LogP contribution >= 0.6 is 0 Å². The standard InChI is InChI=1S/C10H19N3O2/c1-5-13(4)10-11-9(15-12-10)6-8(14)7(2)3/h7-8,14H,5-6H2,1-4H3. The Morgan fingerprint density at radius 2 is 2.13 bits per heavy atom. The number of rotatable bonds is 5. The minimum Gasteiger partial charge on any atom is -0.392 e. The summed E-state index contributed by atoms with van der Waals surface area (Å²) in [7, 11) is 1.90. The third-order valence-electron chi connectivity index (χ3n) is 2.43. The number of aromatic nitrogens is 2. The number of hydrogen-bond donors (Lipinski definition) is 1. The van der Waals surface area contributed by atoms with Gasteiger partial charge in [0.25, 0.3) is 5.95 Å². The average molecular weight is 213 g/mol. The second-order valence-corrected chi connectivity index (χ2v) is 4.02. The maximum Gasteiger partial charge on any atom is 0.265 e. The van der Waals surface area contributed by atoms with E-state index in [0.29, 0.717) is 18.3 Å². The van der Waals surface area contributed by atoms with Gasteiger partial charge in [-0.25, -0.2) is 0 Å². The molecule has 0 saturated carbocycles. The van der Waals surface area contributed by atoms with Crippen LogP contribution < -0.4 is 4.90 Å². The summed E-state index contributed by atoms with van der Waals surface area (Å²) in [5.41, 5.74) is 0. The van der Waals surface area contributed by atoms with Crippen molar-refractivity contribution in [3.63, 3.8) is 0 Å². The summed E-state index contributed by atoms with van der Waals surface area (Å²) in [4.78, 5) is 6.08. The Hall–Kier alpha value is -1.10. The summed E-state index contributed by atoms with van der Waals surface area (Å²) >= 11 is 0. The zero-order chi connectivity index (χ0) is 11.4. The van der Waals surface area contributed by atoms with Crippen LogP contribution in [0, 0.1) is 5.92 Å². The molecule has 1 N–H and O–H groups in total. The van der Waals surface area contributed by atoms with Crippen molar-refractivity contribution in [3.05, 3.63) is 5.89 Å². The van der Waals surface area contributed by atoms with Crippen LogP contribution in [0.25, 0.3) is 0 Å². The number of nitrogens with zero attached hydrogens (tertiary/aromatic N) is 3. The van der Waals surface area contributed by atoms with Crippen LogP contribution in [0.15, 0.2) is 4.52 Å². The first-order valence-corrected chi connectivity index (χ1v) is 5.26. The molecule has 0 amide bonds. The minimum absolute atomic E-state index is 0.198. The first-order valence-electron chi connectivity index (χ1n) is 5.26. The van der Waals surface area contributed by atoms with Gasteiger partial charge in [0.15, 0.2) is 0 Å². The molecule has 0 saturated heterocycles. The fraction of sp³-hybridized carbons (Fsp3) is 0.800. The van der Waals surface area contributed by atoms with Crippen LogP contribution in [-0.2, 0) is 6.42 Å². The van der Waals surface area contributed by atoms with Crippen LogP contribution in [0.5, 0.6) is 0 Å². The SMILES string of the molecule is CCN(C)c1noc(CC(O)C(C)C)n1. The topological polar surface area (TPSA) is 62.4 Å². The van der Waals surface area contributed by atoms with Crippen LogP contribution in [0.4, 0.5) is 5.95 Å². The molecule has 0 aliphatic carbocycles. The summed E-state index contributed by atoms with van der Waals surface area (Å²) in [5.74, 6) is 1.26. The Balaban J connectivity index is 2.60. The Bertz CT molecular complexity index is 299. The van der Waals surface area contributed by atoms with Gasteiger partial charge < -0.3 is 14.5 Å². The lowest BCUT2D eigenvalue weighted by atomic mass is 10.0. The van der Waals surface area contributed by atoms with Gasteiger partial charge in [0.05, 0.1) is 12.5 Å². The number of hydrogen-bond acceptors (Lipinski definition) is 5. The number of aliphatic hydroxyl groups excluding tert-OH is 1. The van der Waals surface area contributed by atoms with Gasteiger partial charge in [-0.15, -0.1) is 0 Å². The smallest absolute Gasteiger partial charge is 0.265 e. The van der Waals surface area contributed by atoms with Crippen molar-refractivity contribution in [2.75, 3.05) is 18.5 Å². The lowest BCUT2D eigenvalue weighted by Crippen LogP contribution is -2.19. The third-order valence-corrected chi connectivity index (χ3v) is 2.43. The monoisotopic (exact) mass is 213 g/mol. The molecule has 0 bridgehead atoms. The molecule has 1 unspecified atom stereocenters. The van der Waals surface area contributed by atoms with Crippen LogP contribution in [-0.4, -0.2) is 34.9 Å². The van der Waals surface area contributed by atoms with E-state index >= 15 is 0 Å². The van der Waals surface area contributed by atoms with Gasteiger partial charge in [-0.1, -0.05) is 13.8 Å². The normalized spacial score (nSPS) is 13.2. The molecule has 0 aliphatic rings. The molecule has 1 heterocycles. The van der Waals surface area contributed by atoms with Gasteiger partial charge in [0.1, 0.15) is 0 Å². The van der Waals surface area contributed by atoms with Crippen molar-refractivity contribution < 1.29 is 9.63 Å². The second kappa shape index (κ2) is 5.11. The van der Waals surface area contributed by atoms with Crippen molar-refractivity contribution in [1.82, 2.24) is 10.1 Å². The van der Waals surface area contributed by atoms with E-state index in [9.17, 15) is 5.11 Å². The Kier molecular flexibility index (Phi) is 4.08. The van der Waals surface area contributed by atoms with E-state index in [2.05, 4.69) is 10.1 Å². The van der Waals surface area contributed by atoms with E-state index in [4.69, 9.17) is 4.52 Å². The van der Waals surface area contributed by atoms with Crippen LogP contribution in [0.1, 0.15) is 26.7 Å². The zero-order valence-electron chi connectivity index (χ0n) is 9.77. The molecule has 5 heteroatoms. The molecule has 15 heavy (non-hydrogen) atoms. The highest BCUT2D eigenvalue weighted by Gasteiger charge is 2.16. The zero-order valence-corrected chi connectivity index (χ0v) is 9.77. The molecule has 0 radical (unpaired) electrons. The lowest BCUT2D eigenvalue weighted by molar-refractivity contribution is 0.116. The highest BCUT2D eigenvalue weighted by Crippen LogP contribution is 2.11. The van der Waals surface area contributed by atoms with Gasteiger partial charge in [0.2, 0.25) is 5.89 Å². The molecule has 1 rings (SSSR count). The molecule has 1 atom stereocenters. The van der Waals surface area contributed by atoms with Gasteiger partial charge in [-0.2, -0.15) is 4.98 Å². The predicted octanol–water partition coefficient (Wildman–Crippen LogP) is 1.09. The van der Waals surface area contributed by atoms with E-state index in [-0.39, 0.29) is 5.92 Å². The van der Waals surface area contributed by atoms with E-state index < -0.39 is 6.10 Å². The molecule has 0 aliphatic heterocycles. The van der Waals surface area contributed by atoms with Gasteiger partial charge in [-0.3, -0.25) is 0 Å². The number of anilines is 1. The fourth-order valence-corrected chi connectivity index (χ4v) is 1.04. The summed E-state index contributed by atoms with van der Waals surface area (Å²) < 4.78 is 5.05. The molecule has 1 aromatic heterocycles. The third kappa shape index (κ3) is 3.20. The van der Waals surface area contributed by atoms with Gasteiger partial charge in [-0.05, 0) is 18.0 Å². The summed E-state index contributed by atoms with van der Waals surface area (Å²) in [5, 5.41) is 13.5. The van der Waals surface area contributed by atoms with E-state index in [1.807, 2.05) is 32.7 Å². The molecule has 5 nitrogen and oxygen atoms in total. The summed E-state index contributed by atoms with van der Waals surface area (Å²) in [6, 6.07) is 0. The summed E-state index contributed by atoms with van der Waals surface area (Å²) in [6.45, 7) is 6.75. The number of aliphatic hydroxyl groups is 1. The first-order chi connectivity index (χ1) is 7.04. The molecule has 0 fully saturated rings. The predicted molar refractivity (Wildman–Crippen MR) is 57.8 cm³/mol. The second-order valence-electron chi connectivity index (χ2n) is 4.02. The molecular formula is C10H19N3O2. The Morgan fingerprint density at radius 1 is 1.47 bits per heavy atom. The molecule has 0 spiro atoms. The lowest BCUT2D eigenvalue weighted by Gasteiger charge is -2.11. The molecule has 1 aromatic rings. The van der Waals surface area contributed by atoms with E-state index in [0.717, 1.165) is 6.54 Å². The van der Waals surface area contributed by atoms with Crippen molar-refractivity contribution in [2.24, 2.45) is 5.92 Å². The molecule has 86 valence electrons. The van der Waals surface area contributed by atoms with Crippen molar-refractivity contribution in [1.29, 1.82) is 0 Å². The first kappa shape index (κ1) is 12.0. The summed E-state index contributed by atoms with van der Waals surface area (Å²) in [6.07, 6.45) is -0.00684. The van der Waals surface area contributed by atoms with E-state index in [1.165, 1.54) is 0 Å². The minimum atomic E-state index is -0.426. The highest BCUT2D eigenvalue weighted by atomic mass is 16.5. The Morgan fingerprint density at radius 3 is 2.67 bits per heavy atom. The molecular weight excluding hydrogens is 194 g/mol. The van der Waals surface area contributed by atoms with Crippen LogP contribution in [0.2, 0.25) is 0 Å². The van der Waals surface area contributed by atoms with E-state index in [1.54, 1.807) is 0 Å². The quantitative estimate of drug-likeness (QED) is 0.793. The van der Waals surface area contributed by atoms with Crippen molar-refractivity contribution in [2.45, 2.75) is 33.3 Å². The highest BCUT2D eigenvalue weighted by molar-refractivity contribution is 5.25. The largest absolute Gasteiger partial charge is 0.392 e. The maximum atomic E-state index is 9.64. The average Bonchev–Trinajstić information content (AvgIpc) is 2.65. The van der Waals surface area contributed by atoms with Crippen molar-refractivity contribution >= 4 is 5.95 Å².